The third-order valence-electron chi connectivity index (χ3n) is 3.00. The highest BCUT2D eigenvalue weighted by Crippen LogP contribution is 2.19. The van der Waals surface area contributed by atoms with Gasteiger partial charge in [0.15, 0.2) is 0 Å². The first-order chi connectivity index (χ1) is 9.17. The Kier molecular flexibility index (Phi) is 4.24. The van der Waals surface area contributed by atoms with Crippen LogP contribution >= 0.6 is 0 Å². The van der Waals surface area contributed by atoms with Gasteiger partial charge in [-0.15, -0.1) is 0 Å². The summed E-state index contributed by atoms with van der Waals surface area (Å²) < 4.78 is 0. The second kappa shape index (κ2) is 6.10. The van der Waals surface area contributed by atoms with Gasteiger partial charge in [-0.3, -0.25) is 0 Å². The Labute approximate surface area is 115 Å². The zero-order chi connectivity index (χ0) is 13.7. The molecule has 0 bridgehead atoms. The molecule has 2 N–H and O–H groups in total. The number of hydrogen-bond acceptors (Lipinski definition) is 2. The van der Waals surface area contributed by atoms with Crippen molar-refractivity contribution >= 4 is 17.1 Å². The minimum absolute atomic E-state index is 1.09. The standard InChI is InChI=1S/C17H20N2/c1-4-14(3)18-15-9-11-17(12-10-15)19-16-7-5-13(2)6-8-16/h4-12,18-19H,1-3H3/b14-4+. The molecule has 0 saturated heterocycles. The minimum atomic E-state index is 1.09. The maximum Gasteiger partial charge on any atom is 0.0385 e. The van der Waals surface area contributed by atoms with Crippen molar-refractivity contribution in [1.29, 1.82) is 0 Å². The van der Waals surface area contributed by atoms with E-state index in [1.54, 1.807) is 0 Å². The van der Waals surface area contributed by atoms with Crippen molar-refractivity contribution in [3.8, 4) is 0 Å². The van der Waals surface area contributed by atoms with Crippen LogP contribution in [-0.2, 0) is 0 Å². The summed E-state index contributed by atoms with van der Waals surface area (Å²) in [6, 6.07) is 16.7. The van der Waals surface area contributed by atoms with Crippen LogP contribution in [0.4, 0.5) is 17.1 Å². The summed E-state index contributed by atoms with van der Waals surface area (Å²) in [6.45, 7) is 6.17. The molecule has 0 spiro atoms. The molecule has 2 nitrogen and oxygen atoms in total. The van der Waals surface area contributed by atoms with Gasteiger partial charge in [0.2, 0.25) is 0 Å². The summed E-state index contributed by atoms with van der Waals surface area (Å²) in [4.78, 5) is 0. The molecule has 0 heterocycles. The molecule has 2 heteroatoms. The van der Waals surface area contributed by atoms with E-state index in [1.807, 2.05) is 6.92 Å². The van der Waals surface area contributed by atoms with E-state index in [-0.39, 0.29) is 0 Å². The van der Waals surface area contributed by atoms with Crippen LogP contribution in [0.25, 0.3) is 0 Å². The van der Waals surface area contributed by atoms with E-state index in [4.69, 9.17) is 0 Å². The van der Waals surface area contributed by atoms with Gasteiger partial charge in [0.25, 0.3) is 0 Å². The van der Waals surface area contributed by atoms with E-state index in [0.29, 0.717) is 0 Å². The van der Waals surface area contributed by atoms with Gasteiger partial charge in [-0.05, 0) is 57.2 Å². The highest BCUT2D eigenvalue weighted by molar-refractivity contribution is 5.63. The summed E-state index contributed by atoms with van der Waals surface area (Å²) >= 11 is 0. The van der Waals surface area contributed by atoms with Crippen molar-refractivity contribution in [3.63, 3.8) is 0 Å². The van der Waals surface area contributed by atoms with Gasteiger partial charge < -0.3 is 10.6 Å². The van der Waals surface area contributed by atoms with Crippen LogP contribution < -0.4 is 10.6 Å². The summed E-state index contributed by atoms with van der Waals surface area (Å²) in [5, 5.41) is 6.71. The van der Waals surface area contributed by atoms with Gasteiger partial charge in [-0.2, -0.15) is 0 Å². The van der Waals surface area contributed by atoms with E-state index in [9.17, 15) is 0 Å². The Bertz CT molecular complexity index is 551. The number of hydrogen-bond donors (Lipinski definition) is 2. The zero-order valence-electron chi connectivity index (χ0n) is 11.7. The number of nitrogens with one attached hydrogen (secondary N) is 2. The summed E-state index contributed by atoms with van der Waals surface area (Å²) in [7, 11) is 0. The smallest absolute Gasteiger partial charge is 0.0385 e. The normalized spacial score (nSPS) is 11.2. The predicted molar refractivity (Wildman–Crippen MR) is 84.0 cm³/mol. The molecular formula is C17H20N2. The van der Waals surface area contributed by atoms with E-state index in [0.717, 1.165) is 22.8 Å². The zero-order valence-corrected chi connectivity index (χ0v) is 11.7. The molecule has 2 rings (SSSR count). The van der Waals surface area contributed by atoms with Crippen molar-refractivity contribution in [2.75, 3.05) is 10.6 Å². The first kappa shape index (κ1) is 13.2. The summed E-state index contributed by atoms with van der Waals surface area (Å²) in [5.74, 6) is 0. The van der Waals surface area contributed by atoms with Crippen LogP contribution in [0, 0.1) is 6.92 Å². The number of allylic oxidation sites excluding steroid dienone is 2. The molecule has 0 aliphatic carbocycles. The second-order valence-electron chi connectivity index (χ2n) is 4.67. The Morgan fingerprint density at radius 2 is 1.32 bits per heavy atom. The van der Waals surface area contributed by atoms with Crippen molar-refractivity contribution in [2.24, 2.45) is 0 Å². The lowest BCUT2D eigenvalue weighted by atomic mass is 10.2. The Hall–Kier alpha value is -2.22. The summed E-state index contributed by atoms with van der Waals surface area (Å²) in [6.07, 6.45) is 2.05. The van der Waals surface area contributed by atoms with E-state index >= 15 is 0 Å². The molecule has 0 saturated carbocycles. The van der Waals surface area contributed by atoms with Crippen molar-refractivity contribution in [1.82, 2.24) is 0 Å². The summed E-state index contributed by atoms with van der Waals surface area (Å²) in [5.41, 5.74) is 5.72. The lowest BCUT2D eigenvalue weighted by molar-refractivity contribution is 1.35. The van der Waals surface area contributed by atoms with Crippen molar-refractivity contribution in [3.05, 3.63) is 65.9 Å². The van der Waals surface area contributed by atoms with Gasteiger partial charge in [-0.25, -0.2) is 0 Å². The fraction of sp³-hybridized carbons (Fsp3) is 0.176. The molecule has 98 valence electrons. The van der Waals surface area contributed by atoms with Crippen LogP contribution in [0.2, 0.25) is 0 Å². The molecule has 0 aromatic heterocycles. The van der Waals surface area contributed by atoms with Crippen molar-refractivity contribution < 1.29 is 0 Å². The molecule has 2 aromatic carbocycles. The lowest BCUT2D eigenvalue weighted by Crippen LogP contribution is -1.95. The monoisotopic (exact) mass is 252 g/mol. The largest absolute Gasteiger partial charge is 0.359 e. The van der Waals surface area contributed by atoms with Gasteiger partial charge in [0.1, 0.15) is 0 Å². The average Bonchev–Trinajstić information content (AvgIpc) is 2.43. The molecular weight excluding hydrogens is 232 g/mol. The van der Waals surface area contributed by atoms with Crippen LogP contribution in [0.1, 0.15) is 19.4 Å². The van der Waals surface area contributed by atoms with Crippen molar-refractivity contribution in [2.45, 2.75) is 20.8 Å². The van der Waals surface area contributed by atoms with Crippen LogP contribution in [0.3, 0.4) is 0 Å². The highest BCUT2D eigenvalue weighted by Gasteiger charge is 1.96. The van der Waals surface area contributed by atoms with Crippen LogP contribution in [-0.4, -0.2) is 0 Å². The third-order valence-corrected chi connectivity index (χ3v) is 3.00. The molecule has 0 amide bonds. The maximum absolute atomic E-state index is 3.38. The second-order valence-corrected chi connectivity index (χ2v) is 4.67. The van der Waals surface area contributed by atoms with E-state index in [1.165, 1.54) is 5.56 Å². The fourth-order valence-corrected chi connectivity index (χ4v) is 1.74. The molecule has 0 atom stereocenters. The van der Waals surface area contributed by atoms with Crippen LogP contribution in [0.5, 0.6) is 0 Å². The SMILES string of the molecule is C/C=C(\C)Nc1ccc(Nc2ccc(C)cc2)cc1. The number of benzene rings is 2. The third kappa shape index (κ3) is 3.88. The lowest BCUT2D eigenvalue weighted by Gasteiger charge is -2.09. The number of rotatable bonds is 4. The molecule has 19 heavy (non-hydrogen) atoms. The Morgan fingerprint density at radius 1 is 0.842 bits per heavy atom. The van der Waals surface area contributed by atoms with E-state index < -0.39 is 0 Å². The first-order valence-corrected chi connectivity index (χ1v) is 6.51. The van der Waals surface area contributed by atoms with Gasteiger partial charge in [0.05, 0.1) is 0 Å². The Balaban J connectivity index is 2.04. The maximum atomic E-state index is 3.38. The molecule has 2 aromatic rings. The topological polar surface area (TPSA) is 24.1 Å². The molecule has 0 radical (unpaired) electrons. The first-order valence-electron chi connectivity index (χ1n) is 6.51. The molecule has 0 fully saturated rings. The minimum Gasteiger partial charge on any atom is -0.359 e. The fourth-order valence-electron chi connectivity index (χ4n) is 1.74. The quantitative estimate of drug-likeness (QED) is 0.793. The average molecular weight is 252 g/mol. The number of anilines is 3. The number of aryl methyl sites for hydroxylation is 1. The van der Waals surface area contributed by atoms with Crippen LogP contribution in [0.15, 0.2) is 60.3 Å². The van der Waals surface area contributed by atoms with E-state index in [2.05, 4.69) is 79.1 Å². The van der Waals surface area contributed by atoms with Gasteiger partial charge >= 0.3 is 0 Å². The molecule has 0 aliphatic heterocycles. The highest BCUT2D eigenvalue weighted by atomic mass is 14.9. The Morgan fingerprint density at radius 3 is 1.84 bits per heavy atom. The molecule has 0 aliphatic rings. The van der Waals surface area contributed by atoms with Gasteiger partial charge in [0, 0.05) is 22.8 Å². The molecule has 0 unspecified atom stereocenters. The van der Waals surface area contributed by atoms with Gasteiger partial charge in [-0.1, -0.05) is 23.8 Å². The predicted octanol–water partition coefficient (Wildman–Crippen LogP) is 5.07.